The maximum absolute atomic E-state index is 5.73. The average Bonchev–Trinajstić information content (AvgIpc) is 2.44. The second kappa shape index (κ2) is 3.96. The van der Waals surface area contributed by atoms with Gasteiger partial charge in [0.2, 0.25) is 0 Å². The van der Waals surface area contributed by atoms with Crippen molar-refractivity contribution in [3.8, 4) is 0 Å². The zero-order chi connectivity index (χ0) is 9.26. The first-order valence-electron chi connectivity index (χ1n) is 4.66. The highest BCUT2D eigenvalue weighted by Gasteiger charge is 2.30. The van der Waals surface area contributed by atoms with Gasteiger partial charge in [-0.05, 0) is 24.5 Å². The summed E-state index contributed by atoms with van der Waals surface area (Å²) in [6.45, 7) is 2.86. The van der Waals surface area contributed by atoms with Crippen LogP contribution in [0.1, 0.15) is 24.2 Å². The molecule has 0 saturated carbocycles. The molecule has 0 bridgehead atoms. The summed E-state index contributed by atoms with van der Waals surface area (Å²) in [5.41, 5.74) is 2.85. The van der Waals surface area contributed by atoms with Crippen molar-refractivity contribution in [3.63, 3.8) is 0 Å². The van der Waals surface area contributed by atoms with Crippen molar-refractivity contribution >= 4 is 22.6 Å². The standard InChI is InChI=1S/C11H13IO/c1-2-13-11-9-6-4-3-5-8(9)7-10(11)12/h3-6,10-11H,2,7H2,1H3. The number of hydrogen-bond acceptors (Lipinski definition) is 1. The lowest BCUT2D eigenvalue weighted by atomic mass is 10.1. The fraction of sp³-hybridized carbons (Fsp3) is 0.455. The zero-order valence-electron chi connectivity index (χ0n) is 7.66. The highest BCUT2D eigenvalue weighted by atomic mass is 127. The Morgan fingerprint density at radius 2 is 2.23 bits per heavy atom. The van der Waals surface area contributed by atoms with Crippen LogP contribution in [0.4, 0.5) is 0 Å². The minimum atomic E-state index is 0.321. The van der Waals surface area contributed by atoms with Gasteiger partial charge < -0.3 is 4.74 Å². The Balaban J connectivity index is 2.29. The highest BCUT2D eigenvalue weighted by Crippen LogP contribution is 2.38. The molecule has 0 radical (unpaired) electrons. The lowest BCUT2D eigenvalue weighted by Crippen LogP contribution is -2.10. The van der Waals surface area contributed by atoms with Crippen molar-refractivity contribution in [3.05, 3.63) is 35.4 Å². The molecule has 0 amide bonds. The van der Waals surface area contributed by atoms with Gasteiger partial charge in [0.25, 0.3) is 0 Å². The summed E-state index contributed by atoms with van der Waals surface area (Å²) in [5.74, 6) is 0. The molecule has 2 atom stereocenters. The Labute approximate surface area is 92.6 Å². The van der Waals surface area contributed by atoms with E-state index in [1.54, 1.807) is 0 Å². The van der Waals surface area contributed by atoms with Crippen LogP contribution < -0.4 is 0 Å². The first-order chi connectivity index (χ1) is 6.33. The normalized spacial score (nSPS) is 26.0. The van der Waals surface area contributed by atoms with E-state index in [0.717, 1.165) is 13.0 Å². The van der Waals surface area contributed by atoms with Crippen LogP contribution in [0.15, 0.2) is 24.3 Å². The monoisotopic (exact) mass is 288 g/mol. The van der Waals surface area contributed by atoms with E-state index in [0.29, 0.717) is 10.0 Å². The topological polar surface area (TPSA) is 9.23 Å². The van der Waals surface area contributed by atoms with Crippen LogP contribution in [0.5, 0.6) is 0 Å². The van der Waals surface area contributed by atoms with Gasteiger partial charge in [-0.2, -0.15) is 0 Å². The minimum Gasteiger partial charge on any atom is -0.373 e. The Morgan fingerprint density at radius 1 is 1.46 bits per heavy atom. The second-order valence-electron chi connectivity index (χ2n) is 3.29. The number of rotatable bonds is 2. The Bertz CT molecular complexity index is 298. The summed E-state index contributed by atoms with van der Waals surface area (Å²) < 4.78 is 6.34. The molecule has 1 aliphatic rings. The molecule has 70 valence electrons. The summed E-state index contributed by atoms with van der Waals surface area (Å²) in [6, 6.07) is 8.60. The van der Waals surface area contributed by atoms with E-state index in [2.05, 4.69) is 53.8 Å². The molecule has 2 rings (SSSR count). The van der Waals surface area contributed by atoms with Gasteiger partial charge in [-0.15, -0.1) is 0 Å². The summed E-state index contributed by atoms with van der Waals surface area (Å²) in [5, 5.41) is 0. The highest BCUT2D eigenvalue weighted by molar-refractivity contribution is 14.1. The third-order valence-electron chi connectivity index (χ3n) is 2.45. The van der Waals surface area contributed by atoms with Gasteiger partial charge in [-0.25, -0.2) is 0 Å². The van der Waals surface area contributed by atoms with E-state index in [4.69, 9.17) is 4.74 Å². The van der Waals surface area contributed by atoms with Gasteiger partial charge in [0.15, 0.2) is 0 Å². The Morgan fingerprint density at radius 3 is 3.00 bits per heavy atom. The van der Waals surface area contributed by atoms with Gasteiger partial charge in [-0.3, -0.25) is 0 Å². The molecule has 13 heavy (non-hydrogen) atoms. The van der Waals surface area contributed by atoms with E-state index in [1.807, 2.05) is 0 Å². The van der Waals surface area contributed by atoms with Crippen LogP contribution >= 0.6 is 22.6 Å². The van der Waals surface area contributed by atoms with Gasteiger partial charge in [0.1, 0.15) is 0 Å². The summed E-state index contributed by atoms with van der Waals surface area (Å²) in [7, 11) is 0. The van der Waals surface area contributed by atoms with Crippen LogP contribution in [-0.2, 0) is 11.2 Å². The maximum Gasteiger partial charge on any atom is 0.0948 e. The third-order valence-corrected chi connectivity index (χ3v) is 3.54. The molecular formula is C11H13IO. The zero-order valence-corrected chi connectivity index (χ0v) is 9.82. The number of halogens is 1. The predicted octanol–water partition coefficient (Wildman–Crippen LogP) is 3.12. The van der Waals surface area contributed by atoms with E-state index in [-0.39, 0.29) is 0 Å². The maximum atomic E-state index is 5.73. The van der Waals surface area contributed by atoms with Gasteiger partial charge in [0.05, 0.1) is 6.10 Å². The molecule has 0 aliphatic heterocycles. The molecule has 2 heteroatoms. The first kappa shape index (κ1) is 9.46. The van der Waals surface area contributed by atoms with Crippen molar-refractivity contribution in [2.24, 2.45) is 0 Å². The largest absolute Gasteiger partial charge is 0.373 e. The van der Waals surface area contributed by atoms with Crippen LogP contribution in [0, 0.1) is 0 Å². The Hall–Kier alpha value is -0.0900. The van der Waals surface area contributed by atoms with Crippen molar-refractivity contribution < 1.29 is 4.74 Å². The summed E-state index contributed by atoms with van der Waals surface area (Å²) in [6.07, 6.45) is 1.48. The number of hydrogen-bond donors (Lipinski definition) is 0. The molecule has 2 unspecified atom stereocenters. The van der Waals surface area contributed by atoms with Crippen molar-refractivity contribution in [2.45, 2.75) is 23.4 Å². The molecule has 0 saturated heterocycles. The van der Waals surface area contributed by atoms with Crippen LogP contribution in [0.2, 0.25) is 0 Å². The van der Waals surface area contributed by atoms with Crippen LogP contribution in [0.3, 0.4) is 0 Å². The third kappa shape index (κ3) is 1.74. The minimum absolute atomic E-state index is 0.321. The number of ether oxygens (including phenoxy) is 1. The van der Waals surface area contributed by atoms with Crippen LogP contribution in [-0.4, -0.2) is 10.5 Å². The van der Waals surface area contributed by atoms with Gasteiger partial charge in [-0.1, -0.05) is 46.9 Å². The lowest BCUT2D eigenvalue weighted by Gasteiger charge is -2.15. The molecule has 1 aliphatic carbocycles. The molecule has 0 aromatic heterocycles. The van der Waals surface area contributed by atoms with E-state index >= 15 is 0 Å². The summed E-state index contributed by atoms with van der Waals surface area (Å²) >= 11 is 2.49. The van der Waals surface area contributed by atoms with Gasteiger partial charge in [0, 0.05) is 10.5 Å². The van der Waals surface area contributed by atoms with Crippen molar-refractivity contribution in [1.29, 1.82) is 0 Å². The number of fused-ring (bicyclic) bond motifs is 1. The quantitative estimate of drug-likeness (QED) is 0.600. The van der Waals surface area contributed by atoms with Crippen molar-refractivity contribution in [2.75, 3.05) is 6.61 Å². The fourth-order valence-corrected chi connectivity index (χ4v) is 2.95. The first-order valence-corrected chi connectivity index (χ1v) is 5.91. The second-order valence-corrected chi connectivity index (χ2v) is 4.89. The SMILES string of the molecule is CCOC1c2ccccc2CC1I. The Kier molecular flexibility index (Phi) is 2.89. The molecule has 0 spiro atoms. The molecule has 0 fully saturated rings. The molecule has 0 heterocycles. The van der Waals surface area contributed by atoms with Gasteiger partial charge >= 0.3 is 0 Å². The molecule has 0 N–H and O–H groups in total. The molecule has 1 aromatic carbocycles. The molecular weight excluding hydrogens is 275 g/mol. The van der Waals surface area contributed by atoms with E-state index in [9.17, 15) is 0 Å². The molecule has 1 aromatic rings. The smallest absolute Gasteiger partial charge is 0.0948 e. The predicted molar refractivity (Wildman–Crippen MR) is 62.3 cm³/mol. The fourth-order valence-electron chi connectivity index (χ4n) is 1.88. The molecule has 1 nitrogen and oxygen atoms in total. The van der Waals surface area contributed by atoms with E-state index < -0.39 is 0 Å². The lowest BCUT2D eigenvalue weighted by molar-refractivity contribution is 0.0709. The van der Waals surface area contributed by atoms with Crippen LogP contribution in [0.25, 0.3) is 0 Å². The average molecular weight is 288 g/mol. The van der Waals surface area contributed by atoms with E-state index in [1.165, 1.54) is 11.1 Å². The number of alkyl halides is 1. The summed E-state index contributed by atoms with van der Waals surface area (Å²) in [4.78, 5) is 0. The van der Waals surface area contributed by atoms with Crippen molar-refractivity contribution in [1.82, 2.24) is 0 Å². The number of benzene rings is 1.